The number of rotatable bonds is 7. The molecule has 2 N–H and O–H groups in total. The SMILES string of the molecule is CN=C(NCCOC)NCc1ccnc(Oc2ccc(F)cc2)c1.I. The predicted octanol–water partition coefficient (Wildman–Crippen LogP) is 2.94. The van der Waals surface area contributed by atoms with E-state index in [1.54, 1.807) is 32.5 Å². The van der Waals surface area contributed by atoms with Gasteiger partial charge in [-0.15, -0.1) is 24.0 Å². The van der Waals surface area contributed by atoms with Gasteiger partial charge in [0.05, 0.1) is 6.61 Å². The molecule has 6 nitrogen and oxygen atoms in total. The molecule has 0 amide bonds. The lowest BCUT2D eigenvalue weighted by atomic mass is 10.2. The number of ether oxygens (including phenoxy) is 2. The van der Waals surface area contributed by atoms with E-state index in [9.17, 15) is 4.39 Å². The van der Waals surface area contributed by atoms with Crippen LogP contribution >= 0.6 is 24.0 Å². The Hall–Kier alpha value is -1.94. The summed E-state index contributed by atoms with van der Waals surface area (Å²) in [5.74, 6) is 1.36. The van der Waals surface area contributed by atoms with Crippen molar-refractivity contribution in [2.75, 3.05) is 27.3 Å². The van der Waals surface area contributed by atoms with Gasteiger partial charge in [0.1, 0.15) is 11.6 Å². The van der Waals surface area contributed by atoms with Crippen LogP contribution < -0.4 is 15.4 Å². The molecular formula is C17H22FIN4O2. The van der Waals surface area contributed by atoms with Crippen LogP contribution in [0.2, 0.25) is 0 Å². The summed E-state index contributed by atoms with van der Waals surface area (Å²) in [6.45, 7) is 1.84. The Balaban J connectivity index is 0.00000312. The monoisotopic (exact) mass is 460 g/mol. The Bertz CT molecular complexity index is 668. The van der Waals surface area contributed by atoms with Crippen LogP contribution in [0.15, 0.2) is 47.6 Å². The van der Waals surface area contributed by atoms with Crippen LogP contribution in [0.1, 0.15) is 5.56 Å². The van der Waals surface area contributed by atoms with Crippen molar-refractivity contribution in [1.29, 1.82) is 0 Å². The van der Waals surface area contributed by atoms with Crippen molar-refractivity contribution in [1.82, 2.24) is 15.6 Å². The fourth-order valence-corrected chi connectivity index (χ4v) is 1.92. The predicted molar refractivity (Wildman–Crippen MR) is 106 cm³/mol. The van der Waals surface area contributed by atoms with Crippen molar-refractivity contribution >= 4 is 29.9 Å². The number of methoxy groups -OCH3 is 1. The molecule has 0 aliphatic rings. The van der Waals surface area contributed by atoms with Crippen LogP contribution in [0, 0.1) is 5.82 Å². The Morgan fingerprint density at radius 2 is 1.96 bits per heavy atom. The van der Waals surface area contributed by atoms with Gasteiger partial charge in [0.15, 0.2) is 5.96 Å². The maximum absolute atomic E-state index is 12.9. The van der Waals surface area contributed by atoms with E-state index in [4.69, 9.17) is 9.47 Å². The molecule has 2 aromatic rings. The van der Waals surface area contributed by atoms with Gasteiger partial charge in [0, 0.05) is 39.5 Å². The van der Waals surface area contributed by atoms with E-state index in [1.807, 2.05) is 12.1 Å². The van der Waals surface area contributed by atoms with Crippen molar-refractivity contribution in [3.8, 4) is 11.6 Å². The molecule has 0 saturated carbocycles. The highest BCUT2D eigenvalue weighted by atomic mass is 127. The number of pyridine rings is 1. The van der Waals surface area contributed by atoms with E-state index in [0.717, 1.165) is 5.56 Å². The molecule has 0 aliphatic carbocycles. The number of aliphatic imine (C=N–C) groups is 1. The quantitative estimate of drug-likeness (QED) is 0.288. The number of halogens is 2. The third-order valence-electron chi connectivity index (χ3n) is 3.12. The van der Waals surface area contributed by atoms with E-state index in [0.29, 0.717) is 37.3 Å². The first kappa shape index (κ1) is 21.1. The first-order valence-electron chi connectivity index (χ1n) is 7.53. The molecule has 0 fully saturated rings. The molecule has 0 spiro atoms. The molecule has 0 unspecified atom stereocenters. The van der Waals surface area contributed by atoms with E-state index in [2.05, 4.69) is 20.6 Å². The van der Waals surface area contributed by atoms with Gasteiger partial charge in [-0.25, -0.2) is 9.37 Å². The number of hydrogen-bond donors (Lipinski definition) is 2. The van der Waals surface area contributed by atoms with Crippen molar-refractivity contribution in [2.24, 2.45) is 4.99 Å². The zero-order valence-corrected chi connectivity index (χ0v) is 16.5. The zero-order valence-electron chi connectivity index (χ0n) is 14.2. The Morgan fingerprint density at radius 1 is 1.20 bits per heavy atom. The third-order valence-corrected chi connectivity index (χ3v) is 3.12. The zero-order chi connectivity index (χ0) is 17.2. The highest BCUT2D eigenvalue weighted by Crippen LogP contribution is 2.20. The van der Waals surface area contributed by atoms with Gasteiger partial charge in [-0.05, 0) is 35.9 Å². The second-order valence-electron chi connectivity index (χ2n) is 4.90. The minimum Gasteiger partial charge on any atom is -0.439 e. The Morgan fingerprint density at radius 3 is 2.64 bits per heavy atom. The van der Waals surface area contributed by atoms with Gasteiger partial charge >= 0.3 is 0 Å². The number of guanidine groups is 1. The lowest BCUT2D eigenvalue weighted by molar-refractivity contribution is 0.203. The van der Waals surface area contributed by atoms with E-state index in [-0.39, 0.29) is 29.8 Å². The maximum Gasteiger partial charge on any atom is 0.219 e. The summed E-state index contributed by atoms with van der Waals surface area (Å²) in [6.07, 6.45) is 1.66. The molecule has 1 aromatic heterocycles. The molecule has 0 aliphatic heterocycles. The summed E-state index contributed by atoms with van der Waals surface area (Å²) in [5, 5.41) is 6.33. The number of nitrogens with one attached hydrogen (secondary N) is 2. The van der Waals surface area contributed by atoms with Gasteiger partial charge in [0.25, 0.3) is 0 Å². The molecule has 136 valence electrons. The van der Waals surface area contributed by atoms with E-state index >= 15 is 0 Å². The van der Waals surface area contributed by atoms with E-state index < -0.39 is 0 Å². The molecule has 0 saturated heterocycles. The molecule has 0 radical (unpaired) electrons. The molecule has 8 heteroatoms. The number of aromatic nitrogens is 1. The fourth-order valence-electron chi connectivity index (χ4n) is 1.92. The molecule has 1 aromatic carbocycles. The van der Waals surface area contributed by atoms with Crippen molar-refractivity contribution in [2.45, 2.75) is 6.54 Å². The van der Waals surface area contributed by atoms with Crippen LogP contribution in [0.25, 0.3) is 0 Å². The average Bonchev–Trinajstić information content (AvgIpc) is 2.60. The number of benzene rings is 1. The Kier molecular flexibility index (Phi) is 9.78. The second kappa shape index (κ2) is 11.6. The fraction of sp³-hybridized carbons (Fsp3) is 0.294. The summed E-state index contributed by atoms with van der Waals surface area (Å²) < 4.78 is 23.5. The average molecular weight is 460 g/mol. The summed E-state index contributed by atoms with van der Waals surface area (Å²) in [7, 11) is 3.36. The highest BCUT2D eigenvalue weighted by molar-refractivity contribution is 14.0. The summed E-state index contributed by atoms with van der Waals surface area (Å²) in [4.78, 5) is 8.29. The second-order valence-corrected chi connectivity index (χ2v) is 4.90. The van der Waals surface area contributed by atoms with Gasteiger partial charge in [0.2, 0.25) is 5.88 Å². The van der Waals surface area contributed by atoms with E-state index in [1.165, 1.54) is 12.1 Å². The van der Waals surface area contributed by atoms with Crippen LogP contribution in [0.3, 0.4) is 0 Å². The largest absolute Gasteiger partial charge is 0.439 e. The number of nitrogens with zero attached hydrogens (tertiary/aromatic N) is 2. The Labute approximate surface area is 163 Å². The summed E-state index contributed by atoms with van der Waals surface area (Å²) in [5.41, 5.74) is 0.983. The summed E-state index contributed by atoms with van der Waals surface area (Å²) >= 11 is 0. The van der Waals surface area contributed by atoms with Gasteiger partial charge in [-0.2, -0.15) is 0 Å². The van der Waals surface area contributed by atoms with Gasteiger partial charge in [-0.3, -0.25) is 4.99 Å². The first-order chi connectivity index (χ1) is 11.7. The minimum atomic E-state index is -0.305. The molecule has 25 heavy (non-hydrogen) atoms. The van der Waals surface area contributed by atoms with Gasteiger partial charge in [-0.1, -0.05) is 0 Å². The van der Waals surface area contributed by atoms with Crippen molar-refractivity contribution < 1.29 is 13.9 Å². The van der Waals surface area contributed by atoms with Crippen molar-refractivity contribution in [3.63, 3.8) is 0 Å². The highest BCUT2D eigenvalue weighted by Gasteiger charge is 2.03. The molecule has 0 atom stereocenters. The molecular weight excluding hydrogens is 438 g/mol. The van der Waals surface area contributed by atoms with Crippen LogP contribution in [-0.2, 0) is 11.3 Å². The smallest absolute Gasteiger partial charge is 0.219 e. The summed E-state index contributed by atoms with van der Waals surface area (Å²) in [6, 6.07) is 9.51. The van der Waals surface area contributed by atoms with Crippen LogP contribution in [0.5, 0.6) is 11.6 Å². The van der Waals surface area contributed by atoms with Crippen molar-refractivity contribution in [3.05, 3.63) is 54.0 Å². The topological polar surface area (TPSA) is 67.8 Å². The maximum atomic E-state index is 12.9. The van der Waals surface area contributed by atoms with Crippen LogP contribution in [-0.4, -0.2) is 38.3 Å². The third kappa shape index (κ3) is 7.65. The first-order valence-corrected chi connectivity index (χ1v) is 7.53. The lowest BCUT2D eigenvalue weighted by Crippen LogP contribution is -2.38. The molecule has 1 heterocycles. The standard InChI is InChI=1S/C17H21FN4O2.HI/c1-19-17(21-9-10-23-2)22-12-13-7-8-20-16(11-13)24-15-5-3-14(18)4-6-15;/h3-8,11H,9-10,12H2,1-2H3,(H2,19,21,22);1H. The number of hydrogen-bond acceptors (Lipinski definition) is 4. The molecule has 0 bridgehead atoms. The van der Waals surface area contributed by atoms with Crippen LogP contribution in [0.4, 0.5) is 4.39 Å². The normalized spacial score (nSPS) is 10.8. The lowest BCUT2D eigenvalue weighted by Gasteiger charge is -2.12. The minimum absolute atomic E-state index is 0. The molecule has 2 rings (SSSR count). The van der Waals surface area contributed by atoms with Gasteiger partial charge < -0.3 is 20.1 Å².